The number of carbonyl (C=O) groups excluding carboxylic acids is 1. The minimum Gasteiger partial charge on any atom is -0.396 e. The van der Waals surface area contributed by atoms with Gasteiger partial charge in [-0.1, -0.05) is 30.0 Å². The predicted molar refractivity (Wildman–Crippen MR) is 92.8 cm³/mol. The van der Waals surface area contributed by atoms with Crippen molar-refractivity contribution in [1.29, 1.82) is 0 Å². The molecule has 3 rings (SSSR count). The number of aliphatic hydroxyl groups is 1. The van der Waals surface area contributed by atoms with Crippen molar-refractivity contribution in [1.82, 2.24) is 4.90 Å². The molecule has 120 valence electrons. The van der Waals surface area contributed by atoms with Gasteiger partial charge in [-0.3, -0.25) is 4.79 Å². The van der Waals surface area contributed by atoms with Crippen molar-refractivity contribution in [2.24, 2.45) is 5.92 Å². The van der Waals surface area contributed by atoms with Crippen LogP contribution in [0.25, 0.3) is 0 Å². The standard InChI is InChI=1S/C19H21NO2S/c1-14-4-2-3-5-18(14)23-17-8-6-16(7-9-17)19(22)20-11-10-15(12-20)13-21/h2-9,15,21H,10-13H2,1H3. The van der Waals surface area contributed by atoms with Crippen LogP contribution in [0, 0.1) is 12.8 Å². The van der Waals surface area contributed by atoms with E-state index < -0.39 is 0 Å². The number of rotatable bonds is 4. The van der Waals surface area contributed by atoms with E-state index in [0.717, 1.165) is 23.4 Å². The molecule has 23 heavy (non-hydrogen) atoms. The summed E-state index contributed by atoms with van der Waals surface area (Å²) in [7, 11) is 0. The second-order valence-electron chi connectivity index (χ2n) is 5.98. The molecule has 1 unspecified atom stereocenters. The lowest BCUT2D eigenvalue weighted by molar-refractivity contribution is 0.0782. The van der Waals surface area contributed by atoms with Gasteiger partial charge in [0.2, 0.25) is 0 Å². The Morgan fingerprint density at radius 3 is 2.61 bits per heavy atom. The van der Waals surface area contributed by atoms with Crippen molar-refractivity contribution in [2.45, 2.75) is 23.1 Å². The summed E-state index contributed by atoms with van der Waals surface area (Å²) in [6, 6.07) is 16.1. The molecule has 1 saturated heterocycles. The summed E-state index contributed by atoms with van der Waals surface area (Å²) in [4.78, 5) is 16.7. The average molecular weight is 327 g/mol. The fraction of sp³-hybridized carbons (Fsp3) is 0.316. The molecule has 3 nitrogen and oxygen atoms in total. The third kappa shape index (κ3) is 3.77. The largest absolute Gasteiger partial charge is 0.396 e. The van der Waals surface area contributed by atoms with E-state index in [2.05, 4.69) is 19.1 Å². The van der Waals surface area contributed by atoms with Gasteiger partial charge < -0.3 is 10.0 Å². The van der Waals surface area contributed by atoms with Gasteiger partial charge in [0.25, 0.3) is 5.91 Å². The number of nitrogens with zero attached hydrogens (tertiary/aromatic N) is 1. The Labute approximate surface area is 141 Å². The number of aryl methyl sites for hydroxylation is 1. The molecular formula is C19H21NO2S. The molecule has 0 aromatic heterocycles. The number of hydrogen-bond acceptors (Lipinski definition) is 3. The molecule has 0 aliphatic carbocycles. The fourth-order valence-corrected chi connectivity index (χ4v) is 3.71. The molecule has 1 N–H and O–H groups in total. The number of likely N-dealkylation sites (tertiary alicyclic amines) is 1. The van der Waals surface area contributed by atoms with Gasteiger partial charge in [-0.15, -0.1) is 0 Å². The first-order valence-electron chi connectivity index (χ1n) is 7.91. The van der Waals surface area contributed by atoms with Gasteiger partial charge >= 0.3 is 0 Å². The first-order valence-corrected chi connectivity index (χ1v) is 8.72. The molecule has 0 radical (unpaired) electrons. The molecule has 1 atom stereocenters. The summed E-state index contributed by atoms with van der Waals surface area (Å²) in [6.45, 7) is 3.67. The Morgan fingerprint density at radius 2 is 1.96 bits per heavy atom. The lowest BCUT2D eigenvalue weighted by Crippen LogP contribution is -2.29. The van der Waals surface area contributed by atoms with Gasteiger partial charge in [0, 0.05) is 41.0 Å². The van der Waals surface area contributed by atoms with E-state index in [1.807, 2.05) is 41.3 Å². The van der Waals surface area contributed by atoms with Crippen LogP contribution >= 0.6 is 11.8 Å². The molecule has 1 fully saturated rings. The second kappa shape index (κ2) is 7.20. The first kappa shape index (κ1) is 16.1. The molecule has 1 aliphatic heterocycles. The predicted octanol–water partition coefficient (Wildman–Crippen LogP) is 3.60. The molecule has 2 aromatic rings. The smallest absolute Gasteiger partial charge is 0.253 e. The maximum atomic E-state index is 12.5. The Balaban J connectivity index is 1.67. The molecule has 1 amide bonds. The van der Waals surface area contributed by atoms with Crippen molar-refractivity contribution in [3.05, 3.63) is 59.7 Å². The van der Waals surface area contributed by atoms with Crippen LogP contribution in [0.15, 0.2) is 58.3 Å². The second-order valence-corrected chi connectivity index (χ2v) is 7.10. The van der Waals surface area contributed by atoms with Crippen LogP contribution in [0.1, 0.15) is 22.3 Å². The van der Waals surface area contributed by atoms with Crippen LogP contribution in [-0.2, 0) is 0 Å². The topological polar surface area (TPSA) is 40.5 Å². The lowest BCUT2D eigenvalue weighted by Gasteiger charge is -2.16. The molecular weight excluding hydrogens is 306 g/mol. The van der Waals surface area contributed by atoms with E-state index in [4.69, 9.17) is 0 Å². The third-order valence-electron chi connectivity index (χ3n) is 4.25. The summed E-state index contributed by atoms with van der Waals surface area (Å²) in [5, 5.41) is 9.19. The molecule has 2 aromatic carbocycles. The molecule has 0 saturated carbocycles. The summed E-state index contributed by atoms with van der Waals surface area (Å²) in [5.41, 5.74) is 1.97. The average Bonchev–Trinajstić information content (AvgIpc) is 3.06. The van der Waals surface area contributed by atoms with Crippen molar-refractivity contribution >= 4 is 17.7 Å². The summed E-state index contributed by atoms with van der Waals surface area (Å²) in [5.74, 6) is 0.295. The van der Waals surface area contributed by atoms with Crippen molar-refractivity contribution < 1.29 is 9.90 Å². The Kier molecular flexibility index (Phi) is 5.03. The Hall–Kier alpha value is -1.78. The maximum Gasteiger partial charge on any atom is 0.253 e. The highest BCUT2D eigenvalue weighted by Crippen LogP contribution is 2.30. The van der Waals surface area contributed by atoms with E-state index in [0.29, 0.717) is 6.54 Å². The first-order chi connectivity index (χ1) is 11.2. The van der Waals surface area contributed by atoms with E-state index in [9.17, 15) is 9.90 Å². The maximum absolute atomic E-state index is 12.5. The number of benzene rings is 2. The summed E-state index contributed by atoms with van der Waals surface area (Å²) in [6.07, 6.45) is 0.892. The van der Waals surface area contributed by atoms with Crippen LogP contribution < -0.4 is 0 Å². The number of amides is 1. The molecule has 0 bridgehead atoms. The lowest BCUT2D eigenvalue weighted by atomic mass is 10.1. The molecule has 1 aliphatic rings. The molecule has 0 spiro atoms. The monoisotopic (exact) mass is 327 g/mol. The SMILES string of the molecule is Cc1ccccc1Sc1ccc(C(=O)N2CCC(CO)C2)cc1. The van der Waals surface area contributed by atoms with Gasteiger partial charge in [-0.25, -0.2) is 0 Å². The zero-order valence-corrected chi connectivity index (χ0v) is 14.1. The third-order valence-corrected chi connectivity index (χ3v) is 5.44. The highest BCUT2D eigenvalue weighted by molar-refractivity contribution is 7.99. The van der Waals surface area contributed by atoms with Gasteiger partial charge in [0.1, 0.15) is 0 Å². The van der Waals surface area contributed by atoms with Gasteiger partial charge in [0.15, 0.2) is 0 Å². The molecule has 4 heteroatoms. The van der Waals surface area contributed by atoms with Crippen LogP contribution in [0.4, 0.5) is 0 Å². The minimum atomic E-state index is 0.0633. The zero-order valence-electron chi connectivity index (χ0n) is 13.2. The van der Waals surface area contributed by atoms with Crippen LogP contribution in [0.5, 0.6) is 0 Å². The summed E-state index contributed by atoms with van der Waals surface area (Å²) >= 11 is 1.71. The van der Waals surface area contributed by atoms with Crippen molar-refractivity contribution in [3.8, 4) is 0 Å². The number of hydrogen-bond donors (Lipinski definition) is 1. The Bertz CT molecular complexity index is 684. The van der Waals surface area contributed by atoms with Crippen LogP contribution in [-0.4, -0.2) is 35.6 Å². The highest BCUT2D eigenvalue weighted by atomic mass is 32.2. The quantitative estimate of drug-likeness (QED) is 0.933. The van der Waals surface area contributed by atoms with E-state index in [1.165, 1.54) is 10.5 Å². The zero-order chi connectivity index (χ0) is 16.2. The van der Waals surface area contributed by atoms with E-state index >= 15 is 0 Å². The van der Waals surface area contributed by atoms with Gasteiger partial charge in [-0.05, 0) is 49.2 Å². The highest BCUT2D eigenvalue weighted by Gasteiger charge is 2.26. The Morgan fingerprint density at radius 1 is 1.22 bits per heavy atom. The summed E-state index contributed by atoms with van der Waals surface area (Å²) < 4.78 is 0. The van der Waals surface area contributed by atoms with E-state index in [1.54, 1.807) is 11.8 Å². The fourth-order valence-electron chi connectivity index (χ4n) is 2.81. The van der Waals surface area contributed by atoms with E-state index in [-0.39, 0.29) is 18.4 Å². The number of carbonyl (C=O) groups is 1. The van der Waals surface area contributed by atoms with Crippen LogP contribution in [0.3, 0.4) is 0 Å². The number of aliphatic hydroxyl groups excluding tert-OH is 1. The molecule has 1 heterocycles. The van der Waals surface area contributed by atoms with Crippen LogP contribution in [0.2, 0.25) is 0 Å². The van der Waals surface area contributed by atoms with Gasteiger partial charge in [-0.2, -0.15) is 0 Å². The van der Waals surface area contributed by atoms with Crippen molar-refractivity contribution in [2.75, 3.05) is 19.7 Å². The van der Waals surface area contributed by atoms with Crippen molar-refractivity contribution in [3.63, 3.8) is 0 Å². The normalized spacial score (nSPS) is 17.5. The van der Waals surface area contributed by atoms with Gasteiger partial charge in [0.05, 0.1) is 0 Å². The minimum absolute atomic E-state index is 0.0633.